The van der Waals surface area contributed by atoms with Crippen molar-refractivity contribution in [2.75, 3.05) is 5.32 Å². The minimum atomic E-state index is 0.157. The van der Waals surface area contributed by atoms with Crippen molar-refractivity contribution in [1.29, 1.82) is 0 Å². The Kier molecular flexibility index (Phi) is 3.04. The lowest BCUT2D eigenvalue weighted by molar-refractivity contribution is 0.456. The van der Waals surface area contributed by atoms with Crippen LogP contribution in [0.5, 0.6) is 5.75 Å². The Morgan fingerprint density at radius 3 is 2.73 bits per heavy atom. The van der Waals surface area contributed by atoms with Crippen LogP contribution in [0.25, 0.3) is 0 Å². The fourth-order valence-electron chi connectivity index (χ4n) is 1.96. The lowest BCUT2D eigenvalue weighted by Gasteiger charge is -2.22. The molecule has 1 aromatic heterocycles. The molecule has 1 fully saturated rings. The zero-order valence-corrected chi connectivity index (χ0v) is 9.03. The second-order valence-corrected chi connectivity index (χ2v) is 4.14. The molecule has 0 unspecified atom stereocenters. The van der Waals surface area contributed by atoms with E-state index in [-0.39, 0.29) is 5.75 Å². The van der Waals surface area contributed by atoms with Crippen LogP contribution < -0.4 is 5.32 Å². The van der Waals surface area contributed by atoms with E-state index in [4.69, 9.17) is 0 Å². The minimum Gasteiger partial charge on any atom is -0.504 e. The fraction of sp³-hybridized carbons (Fsp3) is 0.636. The predicted octanol–water partition coefficient (Wildman–Crippen LogP) is 2.24. The van der Waals surface area contributed by atoms with Crippen molar-refractivity contribution in [3.63, 3.8) is 0 Å². The van der Waals surface area contributed by atoms with Gasteiger partial charge in [0.2, 0.25) is 5.95 Å². The maximum absolute atomic E-state index is 9.30. The van der Waals surface area contributed by atoms with E-state index in [2.05, 4.69) is 15.3 Å². The monoisotopic (exact) mass is 207 g/mol. The number of hydrogen-bond acceptors (Lipinski definition) is 4. The van der Waals surface area contributed by atoms with Crippen LogP contribution in [-0.4, -0.2) is 21.1 Å². The highest BCUT2D eigenvalue weighted by Crippen LogP contribution is 2.21. The van der Waals surface area contributed by atoms with Crippen LogP contribution in [0.3, 0.4) is 0 Å². The second-order valence-electron chi connectivity index (χ2n) is 4.14. The highest BCUT2D eigenvalue weighted by Gasteiger charge is 2.14. The van der Waals surface area contributed by atoms with Crippen molar-refractivity contribution in [2.45, 2.75) is 45.1 Å². The van der Waals surface area contributed by atoms with Gasteiger partial charge in [-0.1, -0.05) is 19.3 Å². The Morgan fingerprint density at radius 2 is 2.07 bits per heavy atom. The van der Waals surface area contributed by atoms with Crippen LogP contribution in [0.2, 0.25) is 0 Å². The van der Waals surface area contributed by atoms with E-state index in [1.165, 1.54) is 38.3 Å². The lowest BCUT2D eigenvalue weighted by atomic mass is 9.96. The Hall–Kier alpha value is -1.32. The predicted molar refractivity (Wildman–Crippen MR) is 58.9 cm³/mol. The molecule has 0 radical (unpaired) electrons. The van der Waals surface area contributed by atoms with Crippen LogP contribution >= 0.6 is 0 Å². The molecule has 0 aliphatic heterocycles. The van der Waals surface area contributed by atoms with Gasteiger partial charge in [-0.05, 0) is 19.8 Å². The van der Waals surface area contributed by atoms with Gasteiger partial charge < -0.3 is 10.4 Å². The van der Waals surface area contributed by atoms with Crippen LogP contribution in [-0.2, 0) is 0 Å². The van der Waals surface area contributed by atoms with Crippen molar-refractivity contribution in [3.05, 3.63) is 11.9 Å². The molecule has 1 saturated carbocycles. The van der Waals surface area contributed by atoms with Crippen molar-refractivity contribution >= 4 is 5.95 Å². The van der Waals surface area contributed by atoms with Crippen LogP contribution in [0.4, 0.5) is 5.95 Å². The number of rotatable bonds is 2. The van der Waals surface area contributed by atoms with Gasteiger partial charge in [0, 0.05) is 6.04 Å². The van der Waals surface area contributed by atoms with Crippen LogP contribution in [0, 0.1) is 6.92 Å². The molecule has 1 aliphatic rings. The molecule has 4 nitrogen and oxygen atoms in total. The quantitative estimate of drug-likeness (QED) is 0.780. The molecule has 82 valence electrons. The standard InChI is InChI=1S/C11H17N3O/c1-8-10(15)7-12-11(13-8)14-9-5-3-2-4-6-9/h7,9,15H,2-6H2,1H3,(H,12,13,14). The molecule has 0 amide bonds. The zero-order valence-electron chi connectivity index (χ0n) is 9.03. The van der Waals surface area contributed by atoms with E-state index in [0.29, 0.717) is 17.7 Å². The molecule has 4 heteroatoms. The number of aromatic hydroxyl groups is 1. The molecule has 1 aromatic rings. The Morgan fingerprint density at radius 1 is 1.33 bits per heavy atom. The Balaban J connectivity index is 2.00. The molecule has 1 heterocycles. The largest absolute Gasteiger partial charge is 0.504 e. The first-order valence-corrected chi connectivity index (χ1v) is 5.55. The number of nitrogens with one attached hydrogen (secondary N) is 1. The van der Waals surface area contributed by atoms with E-state index >= 15 is 0 Å². The third-order valence-corrected chi connectivity index (χ3v) is 2.89. The fourth-order valence-corrected chi connectivity index (χ4v) is 1.96. The molecule has 0 aromatic carbocycles. The zero-order chi connectivity index (χ0) is 10.7. The summed E-state index contributed by atoms with van der Waals surface area (Å²) in [6, 6.07) is 0.502. The number of aromatic nitrogens is 2. The minimum absolute atomic E-state index is 0.157. The Labute approximate surface area is 89.8 Å². The van der Waals surface area contributed by atoms with E-state index < -0.39 is 0 Å². The smallest absolute Gasteiger partial charge is 0.223 e. The molecule has 0 spiro atoms. The average molecular weight is 207 g/mol. The summed E-state index contributed by atoms with van der Waals surface area (Å²) in [7, 11) is 0. The maximum Gasteiger partial charge on any atom is 0.223 e. The first kappa shape index (κ1) is 10.2. The molecule has 1 aliphatic carbocycles. The van der Waals surface area contributed by atoms with Gasteiger partial charge >= 0.3 is 0 Å². The van der Waals surface area contributed by atoms with Gasteiger partial charge in [0.25, 0.3) is 0 Å². The molecule has 2 N–H and O–H groups in total. The molecule has 0 atom stereocenters. The van der Waals surface area contributed by atoms with Gasteiger partial charge in [-0.2, -0.15) is 0 Å². The highest BCUT2D eigenvalue weighted by atomic mass is 16.3. The lowest BCUT2D eigenvalue weighted by Crippen LogP contribution is -2.23. The summed E-state index contributed by atoms with van der Waals surface area (Å²) in [5, 5.41) is 12.6. The molecule has 15 heavy (non-hydrogen) atoms. The van der Waals surface area contributed by atoms with E-state index in [0.717, 1.165) is 0 Å². The molecule has 0 saturated heterocycles. The van der Waals surface area contributed by atoms with E-state index in [1.807, 2.05) is 0 Å². The van der Waals surface area contributed by atoms with Crippen LogP contribution in [0.1, 0.15) is 37.8 Å². The van der Waals surface area contributed by atoms with Gasteiger partial charge in [-0.3, -0.25) is 0 Å². The third kappa shape index (κ3) is 2.58. The normalized spacial score (nSPS) is 17.7. The van der Waals surface area contributed by atoms with E-state index in [1.54, 1.807) is 6.92 Å². The van der Waals surface area contributed by atoms with Crippen molar-refractivity contribution < 1.29 is 5.11 Å². The topological polar surface area (TPSA) is 58.0 Å². The summed E-state index contributed by atoms with van der Waals surface area (Å²) < 4.78 is 0. The SMILES string of the molecule is Cc1nc(NC2CCCCC2)ncc1O. The molecular weight excluding hydrogens is 190 g/mol. The van der Waals surface area contributed by atoms with Gasteiger partial charge in [0.15, 0.2) is 5.75 Å². The van der Waals surface area contributed by atoms with Gasteiger partial charge in [-0.25, -0.2) is 9.97 Å². The summed E-state index contributed by atoms with van der Waals surface area (Å²) in [5.41, 5.74) is 0.628. The van der Waals surface area contributed by atoms with Crippen molar-refractivity contribution in [1.82, 2.24) is 9.97 Å². The molecule has 0 bridgehead atoms. The van der Waals surface area contributed by atoms with Gasteiger partial charge in [0.1, 0.15) is 0 Å². The number of nitrogens with zero attached hydrogens (tertiary/aromatic N) is 2. The number of hydrogen-bond donors (Lipinski definition) is 2. The summed E-state index contributed by atoms with van der Waals surface area (Å²) in [6.07, 6.45) is 7.76. The second kappa shape index (κ2) is 4.47. The van der Waals surface area contributed by atoms with E-state index in [9.17, 15) is 5.11 Å². The molecule has 2 rings (SSSR count). The highest BCUT2D eigenvalue weighted by molar-refractivity contribution is 5.32. The van der Waals surface area contributed by atoms with Crippen molar-refractivity contribution in [2.24, 2.45) is 0 Å². The number of anilines is 1. The third-order valence-electron chi connectivity index (χ3n) is 2.89. The van der Waals surface area contributed by atoms with Gasteiger partial charge in [-0.15, -0.1) is 0 Å². The summed E-state index contributed by atoms with van der Waals surface area (Å²) in [4.78, 5) is 8.26. The van der Waals surface area contributed by atoms with Crippen molar-refractivity contribution in [3.8, 4) is 5.75 Å². The Bertz CT molecular complexity index is 335. The first-order chi connectivity index (χ1) is 7.25. The first-order valence-electron chi connectivity index (χ1n) is 5.55. The average Bonchev–Trinajstić information content (AvgIpc) is 2.25. The molecular formula is C11H17N3O. The number of aryl methyl sites for hydroxylation is 1. The van der Waals surface area contributed by atoms with Gasteiger partial charge in [0.05, 0.1) is 11.9 Å². The summed E-state index contributed by atoms with van der Waals surface area (Å²) >= 11 is 0. The summed E-state index contributed by atoms with van der Waals surface area (Å²) in [6.45, 7) is 1.78. The summed E-state index contributed by atoms with van der Waals surface area (Å²) in [5.74, 6) is 0.793. The van der Waals surface area contributed by atoms with Crippen LogP contribution in [0.15, 0.2) is 6.20 Å². The maximum atomic E-state index is 9.30.